The van der Waals surface area contributed by atoms with Crippen molar-refractivity contribution in [2.24, 2.45) is 0 Å². The molecule has 0 radical (unpaired) electrons. The van der Waals surface area contributed by atoms with Gasteiger partial charge in [-0.2, -0.15) is 0 Å². The predicted octanol–water partition coefficient (Wildman–Crippen LogP) is 2.25. The summed E-state index contributed by atoms with van der Waals surface area (Å²) in [5, 5.41) is 8.94. The molecule has 2 rings (SSSR count). The molecule has 0 bridgehead atoms. The molecule has 1 N–H and O–H groups in total. The van der Waals surface area contributed by atoms with Gasteiger partial charge in [0.05, 0.1) is 10.9 Å². The van der Waals surface area contributed by atoms with Crippen LogP contribution in [-0.2, 0) is 9.53 Å². The molecule has 0 spiro atoms. The van der Waals surface area contributed by atoms with Gasteiger partial charge in [-0.15, -0.1) is 11.3 Å². The van der Waals surface area contributed by atoms with Gasteiger partial charge in [-0.1, -0.05) is 11.6 Å². The average molecular weight is 276 g/mol. The van der Waals surface area contributed by atoms with E-state index in [-0.39, 0.29) is 6.04 Å². The monoisotopic (exact) mass is 275 g/mol. The van der Waals surface area contributed by atoms with Gasteiger partial charge in [-0.25, -0.2) is 4.79 Å². The zero-order chi connectivity index (χ0) is 12.4. The molecule has 94 valence electrons. The van der Waals surface area contributed by atoms with Crippen LogP contribution in [0.3, 0.4) is 0 Å². The van der Waals surface area contributed by atoms with E-state index in [9.17, 15) is 4.79 Å². The van der Waals surface area contributed by atoms with Crippen molar-refractivity contribution in [1.29, 1.82) is 0 Å². The van der Waals surface area contributed by atoms with Gasteiger partial charge in [-0.3, -0.25) is 4.90 Å². The Hall–Kier alpha value is -0.620. The van der Waals surface area contributed by atoms with Crippen LogP contribution in [0.2, 0.25) is 4.34 Å². The van der Waals surface area contributed by atoms with E-state index in [1.165, 1.54) is 11.3 Å². The van der Waals surface area contributed by atoms with Gasteiger partial charge in [0.2, 0.25) is 0 Å². The highest BCUT2D eigenvalue weighted by molar-refractivity contribution is 7.16. The lowest BCUT2D eigenvalue weighted by molar-refractivity contribution is -0.157. The van der Waals surface area contributed by atoms with Crippen LogP contribution in [-0.4, -0.2) is 41.8 Å². The van der Waals surface area contributed by atoms with Crippen LogP contribution in [0.4, 0.5) is 0 Å². The number of carboxylic acids is 1. The molecule has 4 nitrogen and oxygen atoms in total. The largest absolute Gasteiger partial charge is 0.479 e. The summed E-state index contributed by atoms with van der Waals surface area (Å²) in [4.78, 5) is 14.2. The standard InChI is InChI=1S/C11H14ClNO3S/c1-7(9-2-3-10(12)17-9)13-4-5-16-8(6-13)11(14)15/h2-3,7-8H,4-6H2,1H3,(H,14,15). The lowest BCUT2D eigenvalue weighted by atomic mass is 10.2. The Kier molecular flexibility index (Phi) is 4.04. The van der Waals surface area contributed by atoms with Crippen molar-refractivity contribution in [2.45, 2.75) is 19.1 Å². The highest BCUT2D eigenvalue weighted by atomic mass is 35.5. The summed E-state index contributed by atoms with van der Waals surface area (Å²) in [7, 11) is 0. The lowest BCUT2D eigenvalue weighted by Crippen LogP contribution is -2.46. The fraction of sp³-hybridized carbons (Fsp3) is 0.545. The van der Waals surface area contributed by atoms with Gasteiger partial charge in [0.1, 0.15) is 0 Å². The Morgan fingerprint density at radius 2 is 2.47 bits per heavy atom. The molecule has 1 aliphatic heterocycles. The van der Waals surface area contributed by atoms with Gasteiger partial charge in [0, 0.05) is 24.0 Å². The van der Waals surface area contributed by atoms with Crippen molar-refractivity contribution in [3.8, 4) is 0 Å². The fourth-order valence-electron chi connectivity index (χ4n) is 1.90. The summed E-state index contributed by atoms with van der Waals surface area (Å²) in [5.74, 6) is -0.897. The van der Waals surface area contributed by atoms with Crippen molar-refractivity contribution < 1.29 is 14.6 Å². The molecule has 17 heavy (non-hydrogen) atoms. The maximum atomic E-state index is 10.9. The topological polar surface area (TPSA) is 49.8 Å². The predicted molar refractivity (Wildman–Crippen MR) is 66.7 cm³/mol. The van der Waals surface area contributed by atoms with Gasteiger partial charge < -0.3 is 9.84 Å². The Balaban J connectivity index is 2.04. The van der Waals surface area contributed by atoms with E-state index in [0.29, 0.717) is 13.2 Å². The summed E-state index contributed by atoms with van der Waals surface area (Å²) >= 11 is 7.44. The van der Waals surface area contributed by atoms with Crippen LogP contribution in [0, 0.1) is 0 Å². The maximum absolute atomic E-state index is 10.9. The summed E-state index contributed by atoms with van der Waals surface area (Å²) in [6.07, 6.45) is -0.721. The molecule has 0 aliphatic carbocycles. The van der Waals surface area contributed by atoms with Crippen molar-refractivity contribution in [3.05, 3.63) is 21.3 Å². The van der Waals surface area contributed by atoms with Crippen molar-refractivity contribution >= 4 is 28.9 Å². The van der Waals surface area contributed by atoms with Gasteiger partial charge in [0.15, 0.2) is 6.10 Å². The number of ether oxygens (including phenoxy) is 1. The zero-order valence-corrected chi connectivity index (χ0v) is 11.0. The molecule has 0 aromatic carbocycles. The van der Waals surface area contributed by atoms with Crippen LogP contribution in [0.5, 0.6) is 0 Å². The highest BCUT2D eigenvalue weighted by Gasteiger charge is 2.29. The quantitative estimate of drug-likeness (QED) is 0.919. The Labute approximate surface area is 109 Å². The molecule has 0 amide bonds. The number of hydrogen-bond acceptors (Lipinski definition) is 4. The molecule has 2 unspecified atom stereocenters. The molecule has 0 saturated carbocycles. The van der Waals surface area contributed by atoms with E-state index >= 15 is 0 Å². The summed E-state index contributed by atoms with van der Waals surface area (Å²) in [6, 6.07) is 4.04. The first-order valence-corrected chi connectivity index (χ1v) is 6.61. The summed E-state index contributed by atoms with van der Waals surface area (Å²) in [5.41, 5.74) is 0. The van der Waals surface area contributed by atoms with E-state index in [1.807, 2.05) is 12.1 Å². The molecule has 6 heteroatoms. The van der Waals surface area contributed by atoms with E-state index in [4.69, 9.17) is 21.4 Å². The van der Waals surface area contributed by atoms with Gasteiger partial charge in [0.25, 0.3) is 0 Å². The molecule has 2 heterocycles. The SMILES string of the molecule is CC(c1ccc(Cl)s1)N1CCOC(C(=O)O)C1. The number of nitrogens with zero attached hydrogens (tertiary/aromatic N) is 1. The minimum Gasteiger partial charge on any atom is -0.479 e. The Morgan fingerprint density at radius 1 is 1.71 bits per heavy atom. The third kappa shape index (κ3) is 2.98. The summed E-state index contributed by atoms with van der Waals surface area (Å²) in [6.45, 7) is 3.69. The molecule has 2 atom stereocenters. The number of carbonyl (C=O) groups is 1. The first-order chi connectivity index (χ1) is 8.08. The van der Waals surface area contributed by atoms with Crippen LogP contribution >= 0.6 is 22.9 Å². The number of carboxylic acid groups (broad SMARTS) is 1. The number of rotatable bonds is 3. The summed E-state index contributed by atoms with van der Waals surface area (Å²) < 4.78 is 5.96. The second-order valence-corrected chi connectivity index (χ2v) is 5.76. The van der Waals surface area contributed by atoms with E-state index in [0.717, 1.165) is 15.8 Å². The van der Waals surface area contributed by atoms with Gasteiger partial charge >= 0.3 is 5.97 Å². The second-order valence-electron chi connectivity index (χ2n) is 4.01. The molecular weight excluding hydrogens is 262 g/mol. The number of morpholine rings is 1. The average Bonchev–Trinajstić information content (AvgIpc) is 2.75. The normalized spacial score (nSPS) is 23.5. The molecular formula is C11H14ClNO3S. The minimum atomic E-state index is -0.897. The smallest absolute Gasteiger partial charge is 0.334 e. The van der Waals surface area contributed by atoms with Crippen LogP contribution in [0.1, 0.15) is 17.8 Å². The van der Waals surface area contributed by atoms with Crippen LogP contribution < -0.4 is 0 Å². The van der Waals surface area contributed by atoms with Crippen LogP contribution in [0.25, 0.3) is 0 Å². The van der Waals surface area contributed by atoms with Crippen molar-refractivity contribution in [3.63, 3.8) is 0 Å². The third-order valence-electron chi connectivity index (χ3n) is 2.93. The Morgan fingerprint density at radius 3 is 3.06 bits per heavy atom. The maximum Gasteiger partial charge on any atom is 0.334 e. The zero-order valence-electron chi connectivity index (χ0n) is 9.43. The fourth-order valence-corrected chi connectivity index (χ4v) is 3.05. The van der Waals surface area contributed by atoms with Crippen LogP contribution in [0.15, 0.2) is 12.1 Å². The lowest BCUT2D eigenvalue weighted by Gasteiger charge is -2.34. The number of halogens is 1. The number of hydrogen-bond donors (Lipinski definition) is 1. The molecule has 1 saturated heterocycles. The van der Waals surface area contributed by atoms with E-state index in [2.05, 4.69) is 11.8 Å². The third-order valence-corrected chi connectivity index (χ3v) is 4.33. The molecule has 1 aromatic rings. The number of thiophene rings is 1. The molecule has 1 aromatic heterocycles. The first-order valence-electron chi connectivity index (χ1n) is 5.41. The molecule has 1 fully saturated rings. The van der Waals surface area contributed by atoms with Gasteiger partial charge in [-0.05, 0) is 19.1 Å². The number of aliphatic carboxylic acids is 1. The van der Waals surface area contributed by atoms with E-state index in [1.54, 1.807) is 0 Å². The highest BCUT2D eigenvalue weighted by Crippen LogP contribution is 2.31. The van der Waals surface area contributed by atoms with E-state index < -0.39 is 12.1 Å². The Bertz CT molecular complexity index is 409. The second kappa shape index (κ2) is 5.35. The van der Waals surface area contributed by atoms with Crippen molar-refractivity contribution in [1.82, 2.24) is 4.90 Å². The van der Waals surface area contributed by atoms with Crippen molar-refractivity contribution in [2.75, 3.05) is 19.7 Å². The molecule has 1 aliphatic rings. The minimum absolute atomic E-state index is 0.179. The first kappa shape index (κ1) is 12.8.